The van der Waals surface area contributed by atoms with Gasteiger partial charge in [-0.25, -0.2) is 0 Å². The summed E-state index contributed by atoms with van der Waals surface area (Å²) in [5.74, 6) is -0.822. The van der Waals surface area contributed by atoms with E-state index in [1.807, 2.05) is 49.3 Å². The van der Waals surface area contributed by atoms with Crippen LogP contribution in [0.3, 0.4) is 0 Å². The number of carbonyl (C=O) groups excluding carboxylic acids is 1. The van der Waals surface area contributed by atoms with Crippen molar-refractivity contribution < 1.29 is 14.7 Å². The van der Waals surface area contributed by atoms with E-state index in [4.69, 9.17) is 10.6 Å². The van der Waals surface area contributed by atoms with Crippen LogP contribution in [0.25, 0.3) is 10.4 Å². The lowest BCUT2D eigenvalue weighted by Crippen LogP contribution is -2.24. The molecule has 0 spiro atoms. The number of azide groups is 1. The smallest absolute Gasteiger partial charge is 0.303 e. The van der Waals surface area contributed by atoms with E-state index in [0.717, 1.165) is 33.6 Å². The van der Waals surface area contributed by atoms with E-state index in [1.165, 1.54) is 0 Å². The first-order valence-corrected chi connectivity index (χ1v) is 10.4. The molecule has 0 fully saturated rings. The highest BCUT2D eigenvalue weighted by Crippen LogP contribution is 2.34. The molecule has 1 aliphatic rings. The Bertz CT molecular complexity index is 1030. The average Bonchev–Trinajstić information content (AvgIpc) is 3.07. The van der Waals surface area contributed by atoms with E-state index in [0.29, 0.717) is 38.8 Å². The number of aryl methyl sites for hydroxylation is 2. The van der Waals surface area contributed by atoms with Gasteiger partial charge in [0.05, 0.1) is 6.54 Å². The van der Waals surface area contributed by atoms with Crippen molar-refractivity contribution in [2.75, 3.05) is 30.4 Å². The molecule has 0 saturated carbocycles. The van der Waals surface area contributed by atoms with Gasteiger partial charge < -0.3 is 14.9 Å². The zero-order valence-corrected chi connectivity index (χ0v) is 17.9. The van der Waals surface area contributed by atoms with Crippen LogP contribution < -0.4 is 9.80 Å². The standard InChI is InChI=1S/C23H27N5O3/c1-27(2)19-10-9-18-15-28(23(31)20(18)14-19)21-11-8-16(5-3-7-22(29)30)13-17(21)6-4-12-25-26-24/h8-11,13-14H,3-7,12,15H2,1-2H3,(H,29,30). The Balaban J connectivity index is 1.86. The molecular weight excluding hydrogens is 394 g/mol. The second kappa shape index (κ2) is 10.00. The van der Waals surface area contributed by atoms with Crippen LogP contribution in [0.1, 0.15) is 46.3 Å². The fraction of sp³-hybridized carbons (Fsp3) is 0.391. The van der Waals surface area contributed by atoms with Gasteiger partial charge in [0.25, 0.3) is 5.91 Å². The van der Waals surface area contributed by atoms with Crippen LogP contribution in [0.15, 0.2) is 41.5 Å². The summed E-state index contributed by atoms with van der Waals surface area (Å²) in [6, 6.07) is 11.9. The lowest BCUT2D eigenvalue weighted by Gasteiger charge is -2.21. The molecule has 0 atom stereocenters. The minimum absolute atomic E-state index is 0.0198. The van der Waals surface area contributed by atoms with Gasteiger partial charge in [0.2, 0.25) is 0 Å². The number of hydrogen-bond donors (Lipinski definition) is 1. The van der Waals surface area contributed by atoms with Gasteiger partial charge in [-0.1, -0.05) is 23.3 Å². The Morgan fingerprint density at radius 1 is 1.19 bits per heavy atom. The predicted octanol–water partition coefficient (Wildman–Crippen LogP) is 4.56. The van der Waals surface area contributed by atoms with E-state index < -0.39 is 5.97 Å². The minimum atomic E-state index is -0.802. The van der Waals surface area contributed by atoms with Crippen molar-refractivity contribution >= 4 is 23.3 Å². The lowest BCUT2D eigenvalue weighted by molar-refractivity contribution is -0.137. The number of carbonyl (C=O) groups is 2. The summed E-state index contributed by atoms with van der Waals surface area (Å²) in [5, 5.41) is 12.5. The third kappa shape index (κ3) is 5.35. The van der Waals surface area contributed by atoms with Crippen molar-refractivity contribution in [3.05, 3.63) is 69.1 Å². The van der Waals surface area contributed by atoms with Gasteiger partial charge >= 0.3 is 5.97 Å². The van der Waals surface area contributed by atoms with Crippen molar-refractivity contribution in [3.8, 4) is 0 Å². The molecule has 1 N–H and O–H groups in total. The maximum absolute atomic E-state index is 13.2. The largest absolute Gasteiger partial charge is 0.481 e. The van der Waals surface area contributed by atoms with Crippen LogP contribution in [-0.4, -0.2) is 37.6 Å². The molecule has 0 unspecified atom stereocenters. The fourth-order valence-corrected chi connectivity index (χ4v) is 3.85. The third-order valence-corrected chi connectivity index (χ3v) is 5.47. The van der Waals surface area contributed by atoms with E-state index in [9.17, 15) is 9.59 Å². The van der Waals surface area contributed by atoms with Gasteiger partial charge in [0, 0.05) is 48.9 Å². The molecule has 1 aliphatic heterocycles. The van der Waals surface area contributed by atoms with Crippen molar-refractivity contribution in [1.82, 2.24) is 0 Å². The number of carboxylic acids is 1. The van der Waals surface area contributed by atoms with E-state index >= 15 is 0 Å². The maximum atomic E-state index is 13.2. The van der Waals surface area contributed by atoms with Gasteiger partial charge in [0.1, 0.15) is 0 Å². The molecule has 1 heterocycles. The third-order valence-electron chi connectivity index (χ3n) is 5.47. The Labute approximate surface area is 181 Å². The van der Waals surface area contributed by atoms with Crippen molar-refractivity contribution in [1.29, 1.82) is 0 Å². The van der Waals surface area contributed by atoms with Crippen LogP contribution in [0.4, 0.5) is 11.4 Å². The first-order chi connectivity index (χ1) is 14.9. The number of benzene rings is 2. The lowest BCUT2D eigenvalue weighted by atomic mass is 10.00. The molecule has 162 valence electrons. The van der Waals surface area contributed by atoms with E-state index in [-0.39, 0.29) is 12.3 Å². The van der Waals surface area contributed by atoms with Crippen molar-refractivity contribution in [2.45, 2.75) is 38.6 Å². The number of rotatable bonds is 10. The van der Waals surface area contributed by atoms with Crippen LogP contribution in [0, 0.1) is 0 Å². The quantitative estimate of drug-likeness (QED) is 0.262. The molecule has 8 nitrogen and oxygen atoms in total. The summed E-state index contributed by atoms with van der Waals surface area (Å²) in [6.45, 7) is 0.906. The average molecular weight is 422 g/mol. The Hall–Kier alpha value is -3.51. The number of anilines is 2. The molecule has 1 amide bonds. The number of amides is 1. The highest BCUT2D eigenvalue weighted by atomic mass is 16.4. The first-order valence-electron chi connectivity index (χ1n) is 10.4. The first kappa shape index (κ1) is 22.2. The van der Waals surface area contributed by atoms with Crippen LogP contribution >= 0.6 is 0 Å². The van der Waals surface area contributed by atoms with Gasteiger partial charge in [-0.2, -0.15) is 0 Å². The highest BCUT2D eigenvalue weighted by Gasteiger charge is 2.30. The summed E-state index contributed by atoms with van der Waals surface area (Å²) in [5.41, 5.74) is 14.1. The van der Waals surface area contributed by atoms with Crippen molar-refractivity contribution in [2.24, 2.45) is 5.11 Å². The second-order valence-electron chi connectivity index (χ2n) is 7.90. The fourth-order valence-electron chi connectivity index (χ4n) is 3.85. The highest BCUT2D eigenvalue weighted by molar-refractivity contribution is 6.10. The number of fused-ring (bicyclic) bond motifs is 1. The zero-order valence-electron chi connectivity index (χ0n) is 17.9. The summed E-state index contributed by atoms with van der Waals surface area (Å²) < 4.78 is 0. The topological polar surface area (TPSA) is 110 Å². The SMILES string of the molecule is CN(C)c1ccc2c(c1)C(=O)N(c1ccc(CCCC(=O)O)cc1CCCN=[N+]=[N-])C2. The summed E-state index contributed by atoms with van der Waals surface area (Å²) >= 11 is 0. The van der Waals surface area contributed by atoms with Crippen LogP contribution in [-0.2, 0) is 24.2 Å². The van der Waals surface area contributed by atoms with E-state index in [1.54, 1.807) is 4.90 Å². The van der Waals surface area contributed by atoms with Gasteiger partial charge in [-0.15, -0.1) is 0 Å². The molecular formula is C23H27N5O3. The summed E-state index contributed by atoms with van der Waals surface area (Å²) in [4.78, 5) is 30.6. The number of aliphatic carboxylic acids is 1. The predicted molar refractivity (Wildman–Crippen MR) is 121 cm³/mol. The normalized spacial score (nSPS) is 12.5. The molecule has 0 saturated heterocycles. The Morgan fingerprint density at radius 2 is 2.00 bits per heavy atom. The molecule has 31 heavy (non-hydrogen) atoms. The maximum Gasteiger partial charge on any atom is 0.303 e. The molecule has 0 aromatic heterocycles. The van der Waals surface area contributed by atoms with Crippen molar-refractivity contribution in [3.63, 3.8) is 0 Å². The molecule has 0 bridgehead atoms. The van der Waals surface area contributed by atoms with Gasteiger partial charge in [-0.3, -0.25) is 9.59 Å². The molecule has 0 radical (unpaired) electrons. The number of carboxylic acid groups (broad SMARTS) is 1. The summed E-state index contributed by atoms with van der Waals surface area (Å²) in [6.07, 6.45) is 2.70. The Morgan fingerprint density at radius 3 is 2.71 bits per heavy atom. The molecule has 3 rings (SSSR count). The minimum Gasteiger partial charge on any atom is -0.481 e. The molecule has 2 aromatic rings. The molecule has 2 aromatic carbocycles. The van der Waals surface area contributed by atoms with E-state index in [2.05, 4.69) is 16.1 Å². The Kier molecular flexibility index (Phi) is 7.15. The monoisotopic (exact) mass is 421 g/mol. The van der Waals surface area contributed by atoms with Crippen LogP contribution in [0.5, 0.6) is 0 Å². The second-order valence-corrected chi connectivity index (χ2v) is 7.90. The van der Waals surface area contributed by atoms with Crippen LogP contribution in [0.2, 0.25) is 0 Å². The molecule has 0 aliphatic carbocycles. The number of nitrogens with zero attached hydrogens (tertiary/aromatic N) is 5. The zero-order chi connectivity index (χ0) is 22.4. The van der Waals surface area contributed by atoms with Gasteiger partial charge in [-0.05, 0) is 66.1 Å². The summed E-state index contributed by atoms with van der Waals surface area (Å²) in [7, 11) is 3.90. The van der Waals surface area contributed by atoms with Gasteiger partial charge in [0.15, 0.2) is 0 Å². The molecule has 8 heteroatoms. The number of hydrogen-bond acceptors (Lipinski definition) is 4.